The van der Waals surface area contributed by atoms with Crippen LogP contribution in [0, 0.1) is 0 Å². The first-order chi connectivity index (χ1) is 28.0. The van der Waals surface area contributed by atoms with Gasteiger partial charge in [0.05, 0.1) is 0 Å². The molecule has 0 saturated carbocycles. The minimum atomic E-state index is -0.0842. The summed E-state index contributed by atoms with van der Waals surface area (Å²) >= 11 is 0. The molecule has 0 aromatic heterocycles. The largest absolute Gasteiger partial charge is 0.355 e. The monoisotopic (exact) mass is 749 g/mol. The molecule has 1 heteroatoms. The SMILES string of the molecule is CC1(C)C2=C(CCC(c3cc(Nc4ccc5c(c4-c4cccc6c4-c4ccccc4C6(C)C)C4=C(CCC=C4)C5(C)C)cc(-c4ccccc4)c3)=C2)c2ccccc21. The molecule has 0 heterocycles. The van der Waals surface area contributed by atoms with Crippen molar-refractivity contribution in [2.75, 3.05) is 5.32 Å². The van der Waals surface area contributed by atoms with Crippen LogP contribution in [0.15, 0.2) is 157 Å². The predicted molar refractivity (Wildman–Crippen MR) is 247 cm³/mol. The van der Waals surface area contributed by atoms with Crippen molar-refractivity contribution >= 4 is 28.1 Å². The van der Waals surface area contributed by atoms with Gasteiger partial charge in [-0.15, -0.1) is 0 Å². The van der Waals surface area contributed by atoms with Crippen LogP contribution in [-0.2, 0) is 16.2 Å². The summed E-state index contributed by atoms with van der Waals surface area (Å²) in [5.74, 6) is 0. The first-order valence-corrected chi connectivity index (χ1v) is 21.4. The van der Waals surface area contributed by atoms with Crippen LogP contribution in [0.25, 0.3) is 50.1 Å². The molecule has 0 radical (unpaired) electrons. The summed E-state index contributed by atoms with van der Waals surface area (Å²) in [6.45, 7) is 14.5. The molecule has 1 nitrogen and oxygen atoms in total. The van der Waals surface area contributed by atoms with E-state index in [1.165, 1.54) is 94.6 Å². The molecule has 5 aliphatic rings. The second-order valence-electron chi connectivity index (χ2n) is 18.8. The smallest absolute Gasteiger partial charge is 0.0470 e. The van der Waals surface area contributed by atoms with Gasteiger partial charge < -0.3 is 5.32 Å². The number of fused-ring (bicyclic) bond motifs is 7. The highest BCUT2D eigenvalue weighted by atomic mass is 14.9. The van der Waals surface area contributed by atoms with Crippen molar-refractivity contribution in [2.24, 2.45) is 0 Å². The van der Waals surface area contributed by atoms with Crippen molar-refractivity contribution in [3.05, 3.63) is 196 Å². The molecule has 0 unspecified atom stereocenters. The van der Waals surface area contributed by atoms with E-state index < -0.39 is 0 Å². The van der Waals surface area contributed by atoms with Gasteiger partial charge in [0.1, 0.15) is 0 Å². The van der Waals surface area contributed by atoms with Crippen molar-refractivity contribution in [3.8, 4) is 33.4 Å². The summed E-state index contributed by atoms with van der Waals surface area (Å²) < 4.78 is 0. The van der Waals surface area contributed by atoms with Crippen molar-refractivity contribution in [1.29, 1.82) is 0 Å². The third-order valence-electron chi connectivity index (χ3n) is 14.5. The Kier molecular flexibility index (Phi) is 7.62. The fourth-order valence-electron chi connectivity index (χ4n) is 11.5. The van der Waals surface area contributed by atoms with E-state index >= 15 is 0 Å². The summed E-state index contributed by atoms with van der Waals surface area (Å²) in [6.07, 6.45) is 11.6. The van der Waals surface area contributed by atoms with E-state index in [4.69, 9.17) is 0 Å². The zero-order valence-electron chi connectivity index (χ0n) is 34.7. The lowest BCUT2D eigenvalue weighted by molar-refractivity contribution is 0.607. The van der Waals surface area contributed by atoms with Gasteiger partial charge in [0, 0.05) is 33.2 Å². The number of hydrogen-bond acceptors (Lipinski definition) is 1. The lowest BCUT2D eigenvalue weighted by atomic mass is 9.78. The van der Waals surface area contributed by atoms with Gasteiger partial charge in [-0.2, -0.15) is 0 Å². The quantitative estimate of drug-likeness (QED) is 0.185. The van der Waals surface area contributed by atoms with Gasteiger partial charge in [-0.25, -0.2) is 0 Å². The maximum atomic E-state index is 4.14. The van der Waals surface area contributed by atoms with Crippen molar-refractivity contribution in [3.63, 3.8) is 0 Å². The van der Waals surface area contributed by atoms with E-state index in [1.54, 1.807) is 5.57 Å². The van der Waals surface area contributed by atoms with E-state index in [2.05, 4.69) is 192 Å². The zero-order valence-corrected chi connectivity index (χ0v) is 34.7. The summed E-state index contributed by atoms with van der Waals surface area (Å²) in [4.78, 5) is 0. The van der Waals surface area contributed by atoms with Crippen molar-refractivity contribution in [1.82, 2.24) is 0 Å². The molecule has 0 bridgehead atoms. The van der Waals surface area contributed by atoms with Crippen LogP contribution in [0.4, 0.5) is 11.4 Å². The summed E-state index contributed by atoms with van der Waals surface area (Å²) in [5.41, 5.74) is 27.2. The second-order valence-corrected chi connectivity index (χ2v) is 18.8. The minimum absolute atomic E-state index is 0.0208. The lowest BCUT2D eigenvalue weighted by Gasteiger charge is -2.27. The van der Waals surface area contributed by atoms with Gasteiger partial charge in [-0.05, 0) is 139 Å². The van der Waals surface area contributed by atoms with E-state index in [0.29, 0.717) is 0 Å². The molecule has 0 fully saturated rings. The van der Waals surface area contributed by atoms with E-state index in [-0.39, 0.29) is 16.2 Å². The Morgan fingerprint density at radius 1 is 0.483 bits per heavy atom. The highest BCUT2D eigenvalue weighted by Crippen LogP contribution is 2.59. The van der Waals surface area contributed by atoms with Crippen LogP contribution in [0.5, 0.6) is 0 Å². The fourth-order valence-corrected chi connectivity index (χ4v) is 11.5. The molecule has 284 valence electrons. The Bertz CT molecular complexity index is 2870. The average molecular weight is 750 g/mol. The molecule has 0 saturated heterocycles. The van der Waals surface area contributed by atoms with Gasteiger partial charge in [0.15, 0.2) is 0 Å². The van der Waals surface area contributed by atoms with Gasteiger partial charge in [-0.3, -0.25) is 0 Å². The molecule has 0 spiro atoms. The molecular formula is C57H51N. The van der Waals surface area contributed by atoms with Gasteiger partial charge in [0.2, 0.25) is 0 Å². The Morgan fingerprint density at radius 2 is 1.16 bits per heavy atom. The number of allylic oxidation sites excluding steroid dienone is 8. The van der Waals surface area contributed by atoms with Crippen LogP contribution in [-0.4, -0.2) is 0 Å². The highest BCUT2D eigenvalue weighted by Gasteiger charge is 2.42. The fraction of sp³-hybridized carbons (Fsp3) is 0.228. The van der Waals surface area contributed by atoms with Gasteiger partial charge >= 0.3 is 0 Å². The van der Waals surface area contributed by atoms with E-state index in [0.717, 1.165) is 37.1 Å². The number of anilines is 2. The molecule has 58 heavy (non-hydrogen) atoms. The lowest BCUT2D eigenvalue weighted by Crippen LogP contribution is -2.18. The molecule has 1 N–H and O–H groups in total. The van der Waals surface area contributed by atoms with Gasteiger partial charge in [0.25, 0.3) is 0 Å². The second kappa shape index (κ2) is 12.5. The molecule has 6 aromatic rings. The number of hydrogen-bond donors (Lipinski definition) is 1. The first-order valence-electron chi connectivity index (χ1n) is 21.4. The predicted octanol–water partition coefficient (Wildman–Crippen LogP) is 15.4. The molecule has 5 aliphatic carbocycles. The summed E-state index contributed by atoms with van der Waals surface area (Å²) in [7, 11) is 0. The highest BCUT2D eigenvalue weighted by molar-refractivity contribution is 6.05. The third-order valence-corrected chi connectivity index (χ3v) is 14.5. The minimum Gasteiger partial charge on any atom is -0.355 e. The standard InChI is InChI=1S/C57H51N/c1-55(2)46-24-14-11-20-42(46)52-44(22-16-26-48(52)55)54-51(30-29-49-53(54)43-21-12-15-25-47(43)56(49,3)4)58-39-32-37(35-17-8-7-9-18-35)31-38(33-39)36-27-28-41-40-19-10-13-23-45(40)57(5,6)50(41)34-36/h7-14,16-24,26,29-34,58H,15,25,27-28H2,1-6H3. The van der Waals surface area contributed by atoms with Crippen LogP contribution >= 0.6 is 0 Å². The molecule has 0 atom stereocenters. The van der Waals surface area contributed by atoms with Crippen molar-refractivity contribution < 1.29 is 0 Å². The normalized spacial score (nSPS) is 18.6. The van der Waals surface area contributed by atoms with Crippen molar-refractivity contribution in [2.45, 2.75) is 83.5 Å². The number of rotatable bonds is 5. The van der Waals surface area contributed by atoms with E-state index in [9.17, 15) is 0 Å². The van der Waals surface area contributed by atoms with Gasteiger partial charge in [-0.1, -0.05) is 168 Å². The Hall–Kier alpha value is -5.92. The van der Waals surface area contributed by atoms with Crippen LogP contribution < -0.4 is 5.32 Å². The maximum absolute atomic E-state index is 4.14. The Morgan fingerprint density at radius 3 is 1.97 bits per heavy atom. The van der Waals surface area contributed by atoms with Crippen LogP contribution in [0.1, 0.15) is 106 Å². The van der Waals surface area contributed by atoms with Crippen LogP contribution in [0.3, 0.4) is 0 Å². The molecule has 11 rings (SSSR count). The molecular weight excluding hydrogens is 699 g/mol. The topological polar surface area (TPSA) is 12.0 Å². The summed E-state index contributed by atoms with van der Waals surface area (Å²) in [5, 5.41) is 4.14. The maximum Gasteiger partial charge on any atom is 0.0470 e. The molecule has 0 aliphatic heterocycles. The van der Waals surface area contributed by atoms with Crippen LogP contribution in [0.2, 0.25) is 0 Å². The number of benzene rings is 6. The third kappa shape index (κ3) is 5.02. The molecule has 0 amide bonds. The zero-order chi connectivity index (χ0) is 39.6. The Labute approximate surface area is 344 Å². The first kappa shape index (κ1) is 35.3. The summed E-state index contributed by atoms with van der Waals surface area (Å²) in [6, 6.07) is 48.1. The average Bonchev–Trinajstić information content (AvgIpc) is 3.73. The number of nitrogens with one attached hydrogen (secondary N) is 1. The Balaban J connectivity index is 1.12. The van der Waals surface area contributed by atoms with E-state index in [1.807, 2.05) is 0 Å². The molecule has 6 aromatic carbocycles.